The summed E-state index contributed by atoms with van der Waals surface area (Å²) in [5, 5.41) is 35.4. The number of fused-ring (bicyclic) bond motifs is 2. The van der Waals surface area contributed by atoms with Crippen molar-refractivity contribution in [3.63, 3.8) is 0 Å². The highest BCUT2D eigenvalue weighted by Crippen LogP contribution is 2.27. The molecule has 18 heteroatoms. The molecule has 0 saturated heterocycles. The molecule has 9 N–H and O–H groups in total. The van der Waals surface area contributed by atoms with E-state index in [0.29, 0.717) is 17.2 Å². The number of carboxylic acids is 1. The van der Waals surface area contributed by atoms with Gasteiger partial charge < -0.3 is 32.5 Å². The minimum Gasteiger partial charge on any atom is -0.508 e. The second-order valence-electron chi connectivity index (χ2n) is 10.8. The predicted molar refractivity (Wildman–Crippen MR) is 200 cm³/mol. The lowest BCUT2D eigenvalue weighted by Gasteiger charge is -2.24. The molecule has 0 radical (unpaired) electrons. The first-order valence-electron chi connectivity index (χ1n) is 15.4. The fourth-order valence-electron chi connectivity index (χ4n) is 5.43. The van der Waals surface area contributed by atoms with Gasteiger partial charge in [-0.15, -0.1) is 0 Å². The number of nitriles is 1. The van der Waals surface area contributed by atoms with Gasteiger partial charge in [-0.1, -0.05) is 30.0 Å². The van der Waals surface area contributed by atoms with Crippen LogP contribution < -0.4 is 28.3 Å². The van der Waals surface area contributed by atoms with E-state index in [2.05, 4.69) is 9.97 Å². The first-order valence-corrected chi connectivity index (χ1v) is 16.2. The van der Waals surface area contributed by atoms with Crippen molar-refractivity contribution in [1.29, 1.82) is 5.26 Å². The van der Waals surface area contributed by atoms with Gasteiger partial charge in [0.1, 0.15) is 35.0 Å². The largest absolute Gasteiger partial charge is 0.508 e. The van der Waals surface area contributed by atoms with Crippen molar-refractivity contribution in [2.24, 2.45) is 5.73 Å². The average molecular weight is 822 g/mol. The summed E-state index contributed by atoms with van der Waals surface area (Å²) in [6, 6.07) is 5.02. The van der Waals surface area contributed by atoms with E-state index in [-0.39, 0.29) is 95.2 Å². The van der Waals surface area contributed by atoms with Gasteiger partial charge in [-0.3, -0.25) is 37.9 Å². The summed E-state index contributed by atoms with van der Waals surface area (Å²) in [6.45, 7) is 4.53. The number of carbonyl (C=O) groups excluding carboxylic acids is 3. The molecule has 1 aliphatic carbocycles. The minimum atomic E-state index is -1.15. The Morgan fingerprint density at radius 3 is 1.94 bits per heavy atom. The monoisotopic (exact) mass is 821 g/mol. The van der Waals surface area contributed by atoms with Crippen LogP contribution in [-0.4, -0.2) is 62.8 Å². The molecule has 4 aromatic rings. The van der Waals surface area contributed by atoms with E-state index < -0.39 is 35.1 Å². The molecule has 2 aromatic carbocycles. The quantitative estimate of drug-likeness (QED) is 0.0706. The van der Waals surface area contributed by atoms with Crippen LogP contribution in [0.1, 0.15) is 71.6 Å². The number of carbonyl (C=O) groups is 4. The van der Waals surface area contributed by atoms with Gasteiger partial charge in [0.2, 0.25) is 5.91 Å². The molecule has 2 atom stereocenters. The standard InChI is InChI=1S/C15H15N3O4.C14H16N4O5.C2H3N.CH3I.CH4/c1-7-17-11-5-9(20)4-10(16)14(11)15(22)18(7)12-3-2-8(19)6-13(12)21;1-6-17-9-5-7(19)4-8(15)12(9)14(23)18(6)10(13(16)22)2-3-11(20)21;1-2-3;1-2;/h4-5,12,20H,2-3,6,16H2,1H3;4-5,10,19H,2-3,15H2,1H3,(H2,16,22)(H,20,21);1H3;1H3;1H4/i;;;1D;. The van der Waals surface area contributed by atoms with E-state index in [4.69, 9.17) is 28.9 Å². The lowest BCUT2D eigenvalue weighted by atomic mass is 9.92. The lowest BCUT2D eigenvalue weighted by Crippen LogP contribution is -2.36. The SMILES string of the molecule is C.CC#N.Cc1nc2cc(O)cc(N)c2c(=O)n1C(CCC(=O)O)C(N)=O.Cc1nc2cc(O)cc(N)c2c(=O)n1C1CCC(=O)CC1=O.[2H]CI. The maximum absolute atomic E-state index is 12.7. The van der Waals surface area contributed by atoms with E-state index >= 15 is 0 Å². The summed E-state index contributed by atoms with van der Waals surface area (Å²) in [4.78, 5) is 80.2. The number of phenols is 2. The fourth-order valence-corrected chi connectivity index (χ4v) is 5.43. The number of nitrogens with two attached hydrogens (primary N) is 3. The van der Waals surface area contributed by atoms with Crippen LogP contribution in [0.3, 0.4) is 0 Å². The van der Waals surface area contributed by atoms with Gasteiger partial charge in [0, 0.05) is 45.4 Å². The summed E-state index contributed by atoms with van der Waals surface area (Å²) < 4.78 is 8.55. The van der Waals surface area contributed by atoms with Crippen LogP contribution in [0.2, 0.25) is 0 Å². The first-order chi connectivity index (χ1) is 23.9. The topological polar surface area (TPSA) is 301 Å². The third-order valence-corrected chi connectivity index (χ3v) is 7.42. The Labute approximate surface area is 307 Å². The molecular formula is C33H41IN8O9. The number of halogens is 1. The number of aromatic nitrogens is 4. The van der Waals surface area contributed by atoms with Crippen LogP contribution in [0.15, 0.2) is 33.9 Å². The van der Waals surface area contributed by atoms with Crippen molar-refractivity contribution < 1.29 is 35.9 Å². The summed E-state index contributed by atoms with van der Waals surface area (Å²) in [6.07, 6.45) is -0.0617. The van der Waals surface area contributed by atoms with Gasteiger partial charge in [0.15, 0.2) is 5.78 Å². The number of ketones is 2. The molecule has 274 valence electrons. The summed E-state index contributed by atoms with van der Waals surface area (Å²) in [5.41, 5.74) is 16.4. The van der Waals surface area contributed by atoms with Gasteiger partial charge in [0.25, 0.3) is 11.1 Å². The molecule has 1 amide bonds. The van der Waals surface area contributed by atoms with Gasteiger partial charge in [-0.2, -0.15) is 5.26 Å². The maximum Gasteiger partial charge on any atom is 0.303 e. The van der Waals surface area contributed by atoms with Crippen LogP contribution in [0.25, 0.3) is 21.8 Å². The van der Waals surface area contributed by atoms with Crippen molar-refractivity contribution in [3.05, 3.63) is 56.6 Å². The van der Waals surface area contributed by atoms with E-state index in [1.807, 2.05) is 22.6 Å². The Morgan fingerprint density at radius 2 is 1.49 bits per heavy atom. The van der Waals surface area contributed by atoms with Crippen LogP contribution >= 0.6 is 22.6 Å². The van der Waals surface area contributed by atoms with Crippen LogP contribution in [0.4, 0.5) is 11.4 Å². The van der Waals surface area contributed by atoms with Crippen LogP contribution in [0, 0.1) is 25.2 Å². The van der Waals surface area contributed by atoms with E-state index in [0.717, 1.165) is 4.57 Å². The molecule has 0 bridgehead atoms. The maximum atomic E-state index is 12.7. The zero-order chi connectivity index (χ0) is 38.7. The highest BCUT2D eigenvalue weighted by molar-refractivity contribution is 14.1. The van der Waals surface area contributed by atoms with E-state index in [1.54, 1.807) is 13.0 Å². The molecule has 2 unspecified atom stereocenters. The summed E-state index contributed by atoms with van der Waals surface area (Å²) >= 11 is 1.96. The molecule has 0 spiro atoms. The molecule has 0 aliphatic heterocycles. The zero-order valence-corrected chi connectivity index (χ0v) is 29.5. The third kappa shape index (κ3) is 10.2. The fraction of sp³-hybridized carbons (Fsp3) is 0.364. The van der Waals surface area contributed by atoms with Crippen molar-refractivity contribution in [1.82, 2.24) is 19.1 Å². The predicted octanol–water partition coefficient (Wildman–Crippen LogP) is 2.96. The summed E-state index contributed by atoms with van der Waals surface area (Å²) in [7, 11) is 0. The Bertz CT molecular complexity index is 2150. The van der Waals surface area contributed by atoms with E-state index in [9.17, 15) is 39.0 Å². The number of aromatic hydroxyl groups is 2. The number of anilines is 2. The van der Waals surface area contributed by atoms with Gasteiger partial charge >= 0.3 is 5.97 Å². The van der Waals surface area contributed by atoms with Crippen LogP contribution in [0.5, 0.6) is 11.5 Å². The normalized spacial score (nSPS) is 14.2. The van der Waals surface area contributed by atoms with Crippen molar-refractivity contribution >= 4 is 79.2 Å². The number of primary amides is 1. The second kappa shape index (κ2) is 19.0. The number of nitrogen functional groups attached to an aromatic ring is 2. The second-order valence-corrected chi connectivity index (χ2v) is 10.8. The summed E-state index contributed by atoms with van der Waals surface area (Å²) in [5.74, 6) is -2.03. The smallest absolute Gasteiger partial charge is 0.303 e. The molecule has 17 nitrogen and oxygen atoms in total. The number of aryl methyl sites for hydroxylation is 2. The number of aliphatic carboxylic acids is 1. The number of rotatable bonds is 6. The average Bonchev–Trinajstić information content (AvgIpc) is 2.99. The van der Waals surface area contributed by atoms with Crippen molar-refractivity contribution in [2.45, 2.75) is 72.4 Å². The Hall–Kier alpha value is -5.58. The number of nitrogens with zero attached hydrogens (tertiary/aromatic N) is 5. The molecule has 5 rings (SSSR count). The molecule has 1 saturated carbocycles. The molecule has 1 fully saturated rings. The molecule has 51 heavy (non-hydrogen) atoms. The van der Waals surface area contributed by atoms with Crippen LogP contribution in [-0.2, 0) is 19.2 Å². The number of Topliss-reactive ketones (excluding diaryl/α,β-unsaturated/α-hetero) is 2. The Balaban J connectivity index is 0.000000444. The minimum absolute atomic E-state index is 0. The lowest BCUT2D eigenvalue weighted by molar-refractivity contribution is -0.137. The van der Waals surface area contributed by atoms with Gasteiger partial charge in [-0.05, 0) is 31.6 Å². The number of alkyl halides is 1. The molecular weight excluding hydrogens is 779 g/mol. The first kappa shape index (κ1) is 41.6. The van der Waals surface area contributed by atoms with Gasteiger partial charge in [0.05, 0.1) is 51.7 Å². The number of carboxylic acid groups (broad SMARTS) is 1. The van der Waals surface area contributed by atoms with Gasteiger partial charge in [-0.25, -0.2) is 9.97 Å². The Morgan fingerprint density at radius 1 is 1.02 bits per heavy atom. The Kier molecular flexibility index (Phi) is 15.5. The number of hydrogen-bond acceptors (Lipinski definition) is 13. The number of hydrogen-bond donors (Lipinski definition) is 6. The third-order valence-electron chi connectivity index (χ3n) is 7.42. The highest BCUT2D eigenvalue weighted by Gasteiger charge is 2.31. The van der Waals surface area contributed by atoms with E-state index in [1.165, 1.54) is 42.7 Å². The van der Waals surface area contributed by atoms with Crippen molar-refractivity contribution in [2.75, 3.05) is 16.4 Å². The molecule has 2 heterocycles. The highest BCUT2D eigenvalue weighted by atomic mass is 127. The number of amides is 1. The number of benzene rings is 2. The van der Waals surface area contributed by atoms with Crippen molar-refractivity contribution in [3.8, 4) is 17.6 Å². The molecule has 2 aromatic heterocycles. The molecule has 1 aliphatic rings. The number of phenolic OH excluding ortho intramolecular Hbond substituents is 2. The zero-order valence-electron chi connectivity index (χ0n) is 28.3.